The second-order valence-electron chi connectivity index (χ2n) is 4.27. The Morgan fingerprint density at radius 2 is 2.00 bits per heavy atom. The lowest BCUT2D eigenvalue weighted by Gasteiger charge is -2.18. The van der Waals surface area contributed by atoms with Gasteiger partial charge in [-0.2, -0.15) is 0 Å². The normalized spacial score (nSPS) is 9.86. The molecule has 3 amide bonds. The van der Waals surface area contributed by atoms with Gasteiger partial charge in [-0.25, -0.2) is 9.59 Å². The molecule has 3 N–H and O–H groups in total. The van der Waals surface area contributed by atoms with E-state index in [0.29, 0.717) is 4.47 Å². The SMILES string of the molecule is CNC(=O)CCN(C)C(=O)Nc1ccc(Br)cc1C(=O)O. The lowest BCUT2D eigenvalue weighted by molar-refractivity contribution is -0.120. The summed E-state index contributed by atoms with van der Waals surface area (Å²) in [6.45, 7) is 0.227. The van der Waals surface area contributed by atoms with Gasteiger partial charge in [0.15, 0.2) is 0 Å². The number of hydrogen-bond donors (Lipinski definition) is 3. The smallest absolute Gasteiger partial charge is 0.337 e. The van der Waals surface area contributed by atoms with Crippen LogP contribution in [0.4, 0.5) is 10.5 Å². The number of carboxylic acid groups (broad SMARTS) is 1. The minimum atomic E-state index is -1.14. The maximum Gasteiger partial charge on any atom is 0.337 e. The van der Waals surface area contributed by atoms with Crippen molar-refractivity contribution in [2.75, 3.05) is 26.0 Å². The van der Waals surface area contributed by atoms with Crippen molar-refractivity contribution >= 4 is 39.5 Å². The van der Waals surface area contributed by atoms with Crippen LogP contribution in [0, 0.1) is 0 Å². The molecule has 0 aromatic heterocycles. The molecule has 21 heavy (non-hydrogen) atoms. The van der Waals surface area contributed by atoms with E-state index in [1.807, 2.05) is 0 Å². The minimum absolute atomic E-state index is 0.0163. The van der Waals surface area contributed by atoms with E-state index in [1.54, 1.807) is 6.07 Å². The second-order valence-corrected chi connectivity index (χ2v) is 5.19. The lowest BCUT2D eigenvalue weighted by Crippen LogP contribution is -2.34. The van der Waals surface area contributed by atoms with E-state index < -0.39 is 12.0 Å². The molecule has 0 saturated carbocycles. The van der Waals surface area contributed by atoms with Crippen LogP contribution >= 0.6 is 15.9 Å². The Hall–Kier alpha value is -2.09. The van der Waals surface area contributed by atoms with Crippen LogP contribution in [0.15, 0.2) is 22.7 Å². The Kier molecular flexibility index (Phi) is 6.16. The highest BCUT2D eigenvalue weighted by Gasteiger charge is 2.15. The highest BCUT2D eigenvalue weighted by Crippen LogP contribution is 2.21. The van der Waals surface area contributed by atoms with Gasteiger partial charge in [-0.1, -0.05) is 15.9 Å². The van der Waals surface area contributed by atoms with E-state index in [-0.39, 0.29) is 30.1 Å². The monoisotopic (exact) mass is 357 g/mol. The third-order valence-corrected chi connectivity index (χ3v) is 3.25. The van der Waals surface area contributed by atoms with Crippen LogP contribution in [-0.2, 0) is 4.79 Å². The summed E-state index contributed by atoms with van der Waals surface area (Å²) in [6.07, 6.45) is 0.173. The van der Waals surface area contributed by atoms with Crippen LogP contribution in [0.25, 0.3) is 0 Å². The number of anilines is 1. The third kappa shape index (κ3) is 5.07. The fourth-order valence-electron chi connectivity index (χ4n) is 1.51. The number of hydrogen-bond acceptors (Lipinski definition) is 3. The standard InChI is InChI=1S/C13H16BrN3O4/c1-15-11(18)5-6-17(2)13(21)16-10-4-3-8(14)7-9(10)12(19)20/h3-4,7H,5-6H2,1-2H3,(H,15,18)(H,16,21)(H,19,20). The molecular formula is C13H16BrN3O4. The Morgan fingerprint density at radius 3 is 2.57 bits per heavy atom. The molecule has 0 saturated heterocycles. The molecule has 1 rings (SSSR count). The molecule has 0 aliphatic rings. The third-order valence-electron chi connectivity index (χ3n) is 2.75. The number of aromatic carboxylic acids is 1. The molecule has 0 bridgehead atoms. The number of halogens is 1. The van der Waals surface area contributed by atoms with Gasteiger partial charge in [0.05, 0.1) is 11.3 Å². The zero-order valence-corrected chi connectivity index (χ0v) is 13.2. The topological polar surface area (TPSA) is 98.7 Å². The van der Waals surface area contributed by atoms with Gasteiger partial charge in [0.25, 0.3) is 0 Å². The maximum atomic E-state index is 12.0. The van der Waals surface area contributed by atoms with Gasteiger partial charge in [0.1, 0.15) is 0 Å². The Morgan fingerprint density at radius 1 is 1.33 bits per heavy atom. The predicted molar refractivity (Wildman–Crippen MR) is 81.4 cm³/mol. The average molecular weight is 358 g/mol. The maximum absolute atomic E-state index is 12.0. The van der Waals surface area contributed by atoms with Crippen LogP contribution in [0.3, 0.4) is 0 Å². The molecule has 114 valence electrons. The molecule has 8 heteroatoms. The van der Waals surface area contributed by atoms with Crippen molar-refractivity contribution in [3.05, 3.63) is 28.2 Å². The molecule has 1 aromatic rings. The first-order valence-electron chi connectivity index (χ1n) is 6.10. The van der Waals surface area contributed by atoms with E-state index in [2.05, 4.69) is 26.6 Å². The molecule has 0 heterocycles. The Balaban J connectivity index is 2.74. The molecule has 0 atom stereocenters. The second kappa shape index (κ2) is 7.63. The molecular weight excluding hydrogens is 342 g/mol. The van der Waals surface area contributed by atoms with E-state index in [0.717, 1.165) is 0 Å². The van der Waals surface area contributed by atoms with Gasteiger partial charge in [-0.15, -0.1) is 0 Å². The Labute approximate surface area is 130 Å². The van der Waals surface area contributed by atoms with Crippen molar-refractivity contribution in [2.45, 2.75) is 6.42 Å². The number of amides is 3. The van der Waals surface area contributed by atoms with Gasteiger partial charge in [-0.3, -0.25) is 4.79 Å². The number of nitrogens with one attached hydrogen (secondary N) is 2. The van der Waals surface area contributed by atoms with Crippen molar-refractivity contribution in [1.82, 2.24) is 10.2 Å². The number of urea groups is 1. The fourth-order valence-corrected chi connectivity index (χ4v) is 1.87. The highest BCUT2D eigenvalue weighted by atomic mass is 79.9. The summed E-state index contributed by atoms with van der Waals surface area (Å²) in [7, 11) is 3.04. The quantitative estimate of drug-likeness (QED) is 0.747. The van der Waals surface area contributed by atoms with Gasteiger partial charge in [0.2, 0.25) is 5.91 Å². The average Bonchev–Trinajstić information content (AvgIpc) is 2.45. The molecule has 7 nitrogen and oxygen atoms in total. The summed E-state index contributed by atoms with van der Waals surface area (Å²) in [5.41, 5.74) is 0.180. The van der Waals surface area contributed by atoms with Gasteiger partial charge in [-0.05, 0) is 18.2 Å². The summed E-state index contributed by atoms with van der Waals surface area (Å²) in [4.78, 5) is 35.5. The molecule has 0 spiro atoms. The van der Waals surface area contributed by atoms with Crippen molar-refractivity contribution < 1.29 is 19.5 Å². The number of rotatable bonds is 5. The molecule has 0 radical (unpaired) electrons. The first-order chi connectivity index (χ1) is 9.85. The van der Waals surface area contributed by atoms with Crippen LogP contribution in [0.5, 0.6) is 0 Å². The van der Waals surface area contributed by atoms with E-state index >= 15 is 0 Å². The van der Waals surface area contributed by atoms with Crippen molar-refractivity contribution in [1.29, 1.82) is 0 Å². The van der Waals surface area contributed by atoms with Crippen molar-refractivity contribution in [3.63, 3.8) is 0 Å². The molecule has 0 aliphatic carbocycles. The molecule has 0 aliphatic heterocycles. The first-order valence-corrected chi connectivity index (χ1v) is 6.90. The first kappa shape index (κ1) is 17.0. The van der Waals surface area contributed by atoms with E-state index in [4.69, 9.17) is 5.11 Å². The number of benzene rings is 1. The number of nitrogens with zero attached hydrogens (tertiary/aromatic N) is 1. The number of carbonyl (C=O) groups is 3. The lowest BCUT2D eigenvalue weighted by atomic mass is 10.2. The minimum Gasteiger partial charge on any atom is -0.478 e. The summed E-state index contributed by atoms with van der Waals surface area (Å²) >= 11 is 3.18. The number of carboxylic acids is 1. The van der Waals surface area contributed by atoms with Crippen LogP contribution in [0.1, 0.15) is 16.8 Å². The Bertz CT molecular complexity index is 562. The molecule has 1 aromatic carbocycles. The van der Waals surface area contributed by atoms with Crippen molar-refractivity contribution in [2.24, 2.45) is 0 Å². The summed E-state index contributed by atoms with van der Waals surface area (Å²) < 4.78 is 0.603. The van der Waals surface area contributed by atoms with Crippen molar-refractivity contribution in [3.8, 4) is 0 Å². The van der Waals surface area contributed by atoms with Gasteiger partial charge in [0, 0.05) is 31.5 Å². The summed E-state index contributed by atoms with van der Waals surface area (Å²) in [5.74, 6) is -1.32. The zero-order chi connectivity index (χ0) is 16.0. The van der Waals surface area contributed by atoms with E-state index in [1.165, 1.54) is 31.1 Å². The van der Waals surface area contributed by atoms with Gasteiger partial charge >= 0.3 is 12.0 Å². The zero-order valence-electron chi connectivity index (χ0n) is 11.6. The summed E-state index contributed by atoms with van der Waals surface area (Å²) in [6, 6.07) is 4.05. The van der Waals surface area contributed by atoms with Gasteiger partial charge < -0.3 is 20.6 Å². The number of carbonyl (C=O) groups excluding carboxylic acids is 2. The molecule has 0 fully saturated rings. The fraction of sp³-hybridized carbons (Fsp3) is 0.308. The van der Waals surface area contributed by atoms with Crippen LogP contribution in [-0.4, -0.2) is 48.6 Å². The van der Waals surface area contributed by atoms with Crippen LogP contribution < -0.4 is 10.6 Å². The van der Waals surface area contributed by atoms with Crippen LogP contribution in [0.2, 0.25) is 0 Å². The summed E-state index contributed by atoms with van der Waals surface area (Å²) in [5, 5.41) is 14.1. The molecule has 0 unspecified atom stereocenters. The predicted octanol–water partition coefficient (Wildman–Crippen LogP) is 1.75. The largest absolute Gasteiger partial charge is 0.478 e. The highest BCUT2D eigenvalue weighted by molar-refractivity contribution is 9.10. The van der Waals surface area contributed by atoms with E-state index in [9.17, 15) is 14.4 Å².